The highest BCUT2D eigenvalue weighted by atomic mass is 16.5. The summed E-state index contributed by atoms with van der Waals surface area (Å²) in [6, 6.07) is 0. The van der Waals surface area contributed by atoms with Gasteiger partial charge in [-0.15, -0.1) is 0 Å². The second-order valence-corrected chi connectivity index (χ2v) is 4.61. The molecule has 5 nitrogen and oxygen atoms in total. The number of hydrogen-bond donors (Lipinski definition) is 1. The molecule has 0 aliphatic carbocycles. The van der Waals surface area contributed by atoms with Gasteiger partial charge in [0.25, 0.3) is 0 Å². The van der Waals surface area contributed by atoms with Crippen molar-refractivity contribution in [2.75, 3.05) is 26.2 Å². The van der Waals surface area contributed by atoms with Crippen LogP contribution in [0.1, 0.15) is 19.8 Å². The molecule has 16 heavy (non-hydrogen) atoms. The molecule has 0 spiro atoms. The van der Waals surface area contributed by atoms with E-state index in [9.17, 15) is 9.59 Å². The second-order valence-electron chi connectivity index (χ2n) is 4.61. The predicted molar refractivity (Wildman–Crippen MR) is 57.7 cm³/mol. The van der Waals surface area contributed by atoms with Crippen molar-refractivity contribution in [3.05, 3.63) is 0 Å². The number of morpholine rings is 1. The molecule has 0 bridgehead atoms. The Morgan fingerprint density at radius 2 is 2.06 bits per heavy atom. The fraction of sp³-hybridized carbons (Fsp3) is 0.818. The highest BCUT2D eigenvalue weighted by Crippen LogP contribution is 2.19. The molecule has 0 saturated carbocycles. The number of nitrogens with one attached hydrogen (secondary N) is 1. The first-order chi connectivity index (χ1) is 7.66. The molecule has 1 atom stereocenters. The van der Waals surface area contributed by atoms with Crippen LogP contribution in [0, 0.1) is 5.92 Å². The first-order valence-corrected chi connectivity index (χ1v) is 5.82. The van der Waals surface area contributed by atoms with Crippen molar-refractivity contribution in [3.8, 4) is 0 Å². The summed E-state index contributed by atoms with van der Waals surface area (Å²) >= 11 is 0. The predicted octanol–water partition coefficient (Wildman–Crippen LogP) is -0.240. The van der Waals surface area contributed by atoms with Gasteiger partial charge in [-0.05, 0) is 5.92 Å². The number of piperidine rings is 1. The molecule has 2 aliphatic heterocycles. The maximum atomic E-state index is 11.7. The van der Waals surface area contributed by atoms with Crippen LogP contribution in [0.15, 0.2) is 0 Å². The third-order valence-corrected chi connectivity index (χ3v) is 3.04. The van der Waals surface area contributed by atoms with E-state index >= 15 is 0 Å². The Balaban J connectivity index is 1.92. The van der Waals surface area contributed by atoms with Crippen LogP contribution in [0.5, 0.6) is 0 Å². The SMILES string of the molecule is CC1CC(=O)N(CC2CNCCO2)C(=O)C1. The van der Waals surface area contributed by atoms with Gasteiger partial charge in [-0.25, -0.2) is 0 Å². The summed E-state index contributed by atoms with van der Waals surface area (Å²) in [7, 11) is 0. The quantitative estimate of drug-likeness (QED) is 0.660. The van der Waals surface area contributed by atoms with E-state index in [4.69, 9.17) is 4.74 Å². The van der Waals surface area contributed by atoms with Crippen molar-refractivity contribution < 1.29 is 14.3 Å². The summed E-state index contributed by atoms with van der Waals surface area (Å²) < 4.78 is 5.50. The molecule has 0 aromatic carbocycles. The topological polar surface area (TPSA) is 58.6 Å². The van der Waals surface area contributed by atoms with Gasteiger partial charge in [0.15, 0.2) is 0 Å². The van der Waals surface area contributed by atoms with E-state index in [-0.39, 0.29) is 23.8 Å². The van der Waals surface area contributed by atoms with Crippen LogP contribution in [0.2, 0.25) is 0 Å². The average molecular weight is 226 g/mol. The summed E-state index contributed by atoms with van der Waals surface area (Å²) in [5, 5.41) is 3.19. The molecule has 2 rings (SSSR count). The van der Waals surface area contributed by atoms with Gasteiger partial charge in [0.1, 0.15) is 0 Å². The zero-order valence-electron chi connectivity index (χ0n) is 9.57. The van der Waals surface area contributed by atoms with Gasteiger partial charge in [0.2, 0.25) is 11.8 Å². The van der Waals surface area contributed by atoms with Gasteiger partial charge < -0.3 is 10.1 Å². The molecule has 5 heteroatoms. The summed E-state index contributed by atoms with van der Waals surface area (Å²) in [5.41, 5.74) is 0. The minimum absolute atomic E-state index is 0.0462. The third kappa shape index (κ3) is 2.59. The van der Waals surface area contributed by atoms with Crippen molar-refractivity contribution in [3.63, 3.8) is 0 Å². The first-order valence-electron chi connectivity index (χ1n) is 5.82. The molecular weight excluding hydrogens is 208 g/mol. The molecule has 1 unspecified atom stereocenters. The van der Waals surface area contributed by atoms with E-state index in [1.807, 2.05) is 6.92 Å². The van der Waals surface area contributed by atoms with E-state index < -0.39 is 0 Å². The van der Waals surface area contributed by atoms with Crippen LogP contribution >= 0.6 is 0 Å². The van der Waals surface area contributed by atoms with E-state index in [2.05, 4.69) is 5.32 Å². The third-order valence-electron chi connectivity index (χ3n) is 3.04. The summed E-state index contributed by atoms with van der Waals surface area (Å²) in [6.45, 7) is 4.54. The van der Waals surface area contributed by atoms with Crippen LogP contribution in [0.3, 0.4) is 0 Å². The van der Waals surface area contributed by atoms with Gasteiger partial charge in [-0.2, -0.15) is 0 Å². The van der Waals surface area contributed by atoms with Gasteiger partial charge in [0, 0.05) is 25.9 Å². The van der Waals surface area contributed by atoms with Gasteiger partial charge in [0.05, 0.1) is 19.3 Å². The minimum atomic E-state index is -0.0575. The van der Waals surface area contributed by atoms with Gasteiger partial charge in [-0.1, -0.05) is 6.92 Å². The van der Waals surface area contributed by atoms with E-state index in [0.29, 0.717) is 32.5 Å². The first kappa shape index (κ1) is 11.5. The van der Waals surface area contributed by atoms with Gasteiger partial charge >= 0.3 is 0 Å². The van der Waals surface area contributed by atoms with Crippen molar-refractivity contribution in [1.82, 2.24) is 10.2 Å². The summed E-state index contributed by atoms with van der Waals surface area (Å²) in [4.78, 5) is 24.8. The van der Waals surface area contributed by atoms with E-state index in [0.717, 1.165) is 6.54 Å². The highest BCUT2D eigenvalue weighted by Gasteiger charge is 2.32. The Kier molecular flexibility index (Phi) is 3.56. The number of likely N-dealkylation sites (tertiary alicyclic amines) is 1. The molecule has 0 radical (unpaired) electrons. The Morgan fingerprint density at radius 3 is 2.62 bits per heavy atom. The summed E-state index contributed by atoms with van der Waals surface area (Å²) in [5.74, 6) is 0.0671. The molecule has 2 fully saturated rings. The zero-order chi connectivity index (χ0) is 11.5. The van der Waals surface area contributed by atoms with Crippen molar-refractivity contribution in [2.24, 2.45) is 5.92 Å². The number of imide groups is 1. The largest absolute Gasteiger partial charge is 0.374 e. The van der Waals surface area contributed by atoms with Gasteiger partial charge in [-0.3, -0.25) is 14.5 Å². The second kappa shape index (κ2) is 4.93. The van der Waals surface area contributed by atoms with Crippen molar-refractivity contribution in [2.45, 2.75) is 25.9 Å². The maximum Gasteiger partial charge on any atom is 0.229 e. The van der Waals surface area contributed by atoms with Crippen molar-refractivity contribution in [1.29, 1.82) is 0 Å². The minimum Gasteiger partial charge on any atom is -0.374 e. The fourth-order valence-corrected chi connectivity index (χ4v) is 2.17. The Hall–Kier alpha value is -0.940. The number of amides is 2. The zero-order valence-corrected chi connectivity index (χ0v) is 9.57. The molecule has 90 valence electrons. The number of rotatable bonds is 2. The average Bonchev–Trinajstić information content (AvgIpc) is 2.25. The lowest BCUT2D eigenvalue weighted by molar-refractivity contribution is -0.152. The van der Waals surface area contributed by atoms with E-state index in [1.165, 1.54) is 4.90 Å². The maximum absolute atomic E-state index is 11.7. The van der Waals surface area contributed by atoms with Crippen LogP contribution in [-0.4, -0.2) is 49.1 Å². The molecular formula is C11H18N2O3. The molecule has 0 aromatic heterocycles. The molecule has 2 aliphatic rings. The molecule has 2 amide bonds. The van der Waals surface area contributed by atoms with Crippen LogP contribution < -0.4 is 5.32 Å². The highest BCUT2D eigenvalue weighted by molar-refractivity contribution is 5.97. The van der Waals surface area contributed by atoms with Crippen LogP contribution in [0.4, 0.5) is 0 Å². The lowest BCUT2D eigenvalue weighted by Crippen LogP contribution is -2.51. The number of carbonyl (C=O) groups is 2. The number of nitrogens with zero attached hydrogens (tertiary/aromatic N) is 1. The standard InChI is InChI=1S/C11H18N2O3/c1-8-4-10(14)13(11(15)5-8)7-9-6-12-2-3-16-9/h8-9,12H,2-7H2,1H3. The molecule has 2 saturated heterocycles. The lowest BCUT2D eigenvalue weighted by Gasteiger charge is -2.32. The monoisotopic (exact) mass is 226 g/mol. The smallest absolute Gasteiger partial charge is 0.229 e. The van der Waals surface area contributed by atoms with Crippen LogP contribution in [0.25, 0.3) is 0 Å². The number of ether oxygens (including phenoxy) is 1. The Bertz CT molecular complexity index is 269. The van der Waals surface area contributed by atoms with Crippen molar-refractivity contribution >= 4 is 11.8 Å². The number of carbonyl (C=O) groups excluding carboxylic acids is 2. The molecule has 0 aromatic rings. The number of hydrogen-bond acceptors (Lipinski definition) is 4. The van der Waals surface area contributed by atoms with Crippen LogP contribution in [-0.2, 0) is 14.3 Å². The molecule has 2 heterocycles. The normalized spacial score (nSPS) is 28.6. The Labute approximate surface area is 95.1 Å². The lowest BCUT2D eigenvalue weighted by atomic mass is 9.97. The summed E-state index contributed by atoms with van der Waals surface area (Å²) in [6.07, 6.45) is 0.910. The molecule has 1 N–H and O–H groups in total. The fourth-order valence-electron chi connectivity index (χ4n) is 2.17. The van der Waals surface area contributed by atoms with E-state index in [1.54, 1.807) is 0 Å². The Morgan fingerprint density at radius 1 is 1.38 bits per heavy atom.